The maximum Gasteiger partial charge on any atom is 0.0377 e. The number of likely N-dealkylation sites (tertiary alicyclic amines) is 1. The minimum atomic E-state index is 0.671. The third-order valence-electron chi connectivity index (χ3n) is 4.14. The van der Waals surface area contributed by atoms with Crippen molar-refractivity contribution in [1.29, 1.82) is 0 Å². The standard InChI is InChI=1S/C15H22Br2N2/c1-3-19-8-6-13(7-9-19)18(2)14-5-4-12(11-16)15(17)10-14/h4-5,10,13H,3,6-9,11H2,1-2H3. The number of piperidine rings is 1. The first-order valence-electron chi connectivity index (χ1n) is 6.95. The van der Waals surface area contributed by atoms with Crippen molar-refractivity contribution in [3.63, 3.8) is 0 Å². The Balaban J connectivity index is 2.03. The lowest BCUT2D eigenvalue weighted by molar-refractivity contribution is 0.221. The monoisotopic (exact) mass is 388 g/mol. The van der Waals surface area contributed by atoms with E-state index in [1.54, 1.807) is 0 Å². The zero-order valence-electron chi connectivity index (χ0n) is 11.7. The molecular formula is C15H22Br2N2. The summed E-state index contributed by atoms with van der Waals surface area (Å²) >= 11 is 7.17. The Morgan fingerprint density at radius 3 is 2.53 bits per heavy atom. The molecule has 0 saturated carbocycles. The SMILES string of the molecule is CCN1CCC(N(C)c2ccc(CBr)c(Br)c2)CC1. The van der Waals surface area contributed by atoms with Crippen molar-refractivity contribution < 1.29 is 0 Å². The largest absolute Gasteiger partial charge is 0.371 e. The van der Waals surface area contributed by atoms with Gasteiger partial charge in [-0.25, -0.2) is 0 Å². The van der Waals surface area contributed by atoms with E-state index in [4.69, 9.17) is 0 Å². The summed E-state index contributed by atoms with van der Waals surface area (Å²) in [7, 11) is 2.22. The molecule has 0 amide bonds. The van der Waals surface area contributed by atoms with E-state index in [0.29, 0.717) is 6.04 Å². The second-order valence-corrected chi connectivity index (χ2v) is 6.60. The lowest BCUT2D eigenvalue weighted by Gasteiger charge is -2.37. The van der Waals surface area contributed by atoms with Crippen molar-refractivity contribution in [1.82, 2.24) is 4.90 Å². The molecule has 0 N–H and O–H groups in total. The van der Waals surface area contributed by atoms with Crippen molar-refractivity contribution in [3.05, 3.63) is 28.2 Å². The van der Waals surface area contributed by atoms with Gasteiger partial charge in [-0.2, -0.15) is 0 Å². The summed E-state index contributed by atoms with van der Waals surface area (Å²) in [6.45, 7) is 5.89. The highest BCUT2D eigenvalue weighted by Crippen LogP contribution is 2.28. The lowest BCUT2D eigenvalue weighted by Crippen LogP contribution is -2.43. The highest BCUT2D eigenvalue weighted by atomic mass is 79.9. The Labute approximate surface area is 133 Å². The number of halogens is 2. The molecule has 1 aliphatic rings. The van der Waals surface area contributed by atoms with Crippen LogP contribution in [-0.4, -0.2) is 37.6 Å². The second-order valence-electron chi connectivity index (χ2n) is 5.19. The van der Waals surface area contributed by atoms with Crippen molar-refractivity contribution in [3.8, 4) is 0 Å². The van der Waals surface area contributed by atoms with Gasteiger partial charge in [0.15, 0.2) is 0 Å². The van der Waals surface area contributed by atoms with Gasteiger partial charge in [-0.3, -0.25) is 0 Å². The average Bonchev–Trinajstić information content (AvgIpc) is 2.46. The van der Waals surface area contributed by atoms with E-state index in [2.05, 4.69) is 73.8 Å². The first-order chi connectivity index (χ1) is 9.15. The van der Waals surface area contributed by atoms with E-state index < -0.39 is 0 Å². The molecule has 0 unspecified atom stereocenters. The maximum absolute atomic E-state index is 3.66. The van der Waals surface area contributed by atoms with Crippen molar-refractivity contribution in [2.24, 2.45) is 0 Å². The van der Waals surface area contributed by atoms with E-state index in [-0.39, 0.29) is 0 Å². The molecule has 106 valence electrons. The summed E-state index contributed by atoms with van der Waals surface area (Å²) in [5.41, 5.74) is 2.62. The van der Waals surface area contributed by atoms with Crippen LogP contribution in [-0.2, 0) is 5.33 Å². The molecule has 1 fully saturated rings. The summed E-state index contributed by atoms with van der Waals surface area (Å²) in [6.07, 6.45) is 2.53. The van der Waals surface area contributed by atoms with Crippen molar-refractivity contribution >= 4 is 37.5 Å². The Morgan fingerprint density at radius 1 is 1.32 bits per heavy atom. The number of rotatable bonds is 4. The average molecular weight is 390 g/mol. The number of nitrogens with zero attached hydrogens (tertiary/aromatic N) is 2. The molecule has 4 heteroatoms. The van der Waals surface area contributed by atoms with Gasteiger partial charge in [-0.15, -0.1) is 0 Å². The molecule has 0 aliphatic carbocycles. The van der Waals surface area contributed by atoms with E-state index in [1.807, 2.05) is 0 Å². The zero-order valence-corrected chi connectivity index (χ0v) is 14.9. The van der Waals surface area contributed by atoms with Gasteiger partial charge < -0.3 is 9.80 Å². The second kappa shape index (κ2) is 7.09. The van der Waals surface area contributed by atoms with Crippen LogP contribution < -0.4 is 4.90 Å². The summed E-state index contributed by atoms with van der Waals surface area (Å²) < 4.78 is 1.19. The van der Waals surface area contributed by atoms with Crippen LogP contribution in [0.5, 0.6) is 0 Å². The Hall–Kier alpha value is -0.0600. The van der Waals surface area contributed by atoms with Gasteiger partial charge >= 0.3 is 0 Å². The fourth-order valence-electron chi connectivity index (χ4n) is 2.70. The normalized spacial score (nSPS) is 17.7. The first kappa shape index (κ1) is 15.3. The van der Waals surface area contributed by atoms with Crippen LogP contribution in [0.25, 0.3) is 0 Å². The fraction of sp³-hybridized carbons (Fsp3) is 0.600. The maximum atomic E-state index is 3.66. The molecule has 1 aromatic rings. The highest BCUT2D eigenvalue weighted by molar-refractivity contribution is 9.10. The summed E-state index contributed by atoms with van der Waals surface area (Å²) in [5, 5.41) is 0.895. The van der Waals surface area contributed by atoms with Gasteiger partial charge in [-0.1, -0.05) is 44.8 Å². The van der Waals surface area contributed by atoms with E-state index >= 15 is 0 Å². The van der Waals surface area contributed by atoms with Crippen LogP contribution in [0.4, 0.5) is 5.69 Å². The molecule has 0 spiro atoms. The van der Waals surface area contributed by atoms with Crippen LogP contribution in [0.1, 0.15) is 25.3 Å². The third kappa shape index (κ3) is 3.73. The van der Waals surface area contributed by atoms with Crippen LogP contribution in [0.2, 0.25) is 0 Å². The number of alkyl halides is 1. The Kier molecular flexibility index (Phi) is 5.72. The van der Waals surface area contributed by atoms with Crippen molar-refractivity contribution in [2.75, 3.05) is 31.6 Å². The molecule has 1 saturated heterocycles. The predicted molar refractivity (Wildman–Crippen MR) is 90.3 cm³/mol. The summed E-state index contributed by atoms with van der Waals surface area (Å²) in [5.74, 6) is 0. The number of hydrogen-bond donors (Lipinski definition) is 0. The quantitative estimate of drug-likeness (QED) is 0.709. The van der Waals surface area contributed by atoms with Gasteiger partial charge in [-0.05, 0) is 37.1 Å². The lowest BCUT2D eigenvalue weighted by atomic mass is 10.0. The van der Waals surface area contributed by atoms with Gasteiger partial charge in [0.1, 0.15) is 0 Å². The van der Waals surface area contributed by atoms with Crippen molar-refractivity contribution in [2.45, 2.75) is 31.1 Å². The third-order valence-corrected chi connectivity index (χ3v) is 5.48. The molecule has 0 aromatic heterocycles. The minimum Gasteiger partial charge on any atom is -0.371 e. The molecule has 1 aliphatic heterocycles. The van der Waals surface area contributed by atoms with Gasteiger partial charge in [0.05, 0.1) is 0 Å². The summed E-state index contributed by atoms with van der Waals surface area (Å²) in [4.78, 5) is 4.98. The number of benzene rings is 1. The van der Waals surface area contributed by atoms with Gasteiger partial charge in [0, 0.05) is 41.7 Å². The predicted octanol–water partition coefficient (Wildman–Crippen LogP) is 4.26. The molecular weight excluding hydrogens is 368 g/mol. The van der Waals surface area contributed by atoms with Crippen LogP contribution in [0, 0.1) is 0 Å². The molecule has 1 heterocycles. The molecule has 0 bridgehead atoms. The minimum absolute atomic E-state index is 0.671. The summed E-state index contributed by atoms with van der Waals surface area (Å²) in [6, 6.07) is 7.34. The molecule has 1 aromatic carbocycles. The van der Waals surface area contributed by atoms with Gasteiger partial charge in [0.25, 0.3) is 0 Å². The Bertz CT molecular complexity index is 415. The van der Waals surface area contributed by atoms with Crippen LogP contribution >= 0.6 is 31.9 Å². The topological polar surface area (TPSA) is 6.48 Å². The van der Waals surface area contributed by atoms with E-state index in [9.17, 15) is 0 Å². The highest BCUT2D eigenvalue weighted by Gasteiger charge is 2.22. The van der Waals surface area contributed by atoms with E-state index in [1.165, 1.54) is 48.2 Å². The van der Waals surface area contributed by atoms with Gasteiger partial charge in [0.2, 0.25) is 0 Å². The smallest absolute Gasteiger partial charge is 0.0377 e. The van der Waals surface area contributed by atoms with E-state index in [0.717, 1.165) is 5.33 Å². The zero-order chi connectivity index (χ0) is 13.8. The number of anilines is 1. The molecule has 19 heavy (non-hydrogen) atoms. The molecule has 2 nitrogen and oxygen atoms in total. The van der Waals surface area contributed by atoms with Crippen LogP contribution in [0.15, 0.2) is 22.7 Å². The first-order valence-corrected chi connectivity index (χ1v) is 8.86. The Morgan fingerprint density at radius 2 is 2.00 bits per heavy atom. The van der Waals surface area contributed by atoms with Crippen LogP contribution in [0.3, 0.4) is 0 Å². The molecule has 0 atom stereocenters. The fourth-order valence-corrected chi connectivity index (χ4v) is 4.07. The molecule has 0 radical (unpaired) electrons. The number of hydrogen-bond acceptors (Lipinski definition) is 2. The molecule has 2 rings (SSSR count).